The Morgan fingerprint density at radius 2 is 1.76 bits per heavy atom. The predicted molar refractivity (Wildman–Crippen MR) is 98.9 cm³/mol. The fourth-order valence-electron chi connectivity index (χ4n) is 2.11. The minimum absolute atomic E-state index is 0.160. The van der Waals surface area contributed by atoms with Crippen molar-refractivity contribution >= 4 is 23.2 Å². The molecule has 0 spiro atoms. The number of hydrogen-bond donors (Lipinski definition) is 1. The van der Waals surface area contributed by atoms with Crippen molar-refractivity contribution in [2.24, 2.45) is 0 Å². The van der Waals surface area contributed by atoms with Crippen molar-refractivity contribution < 1.29 is 19.0 Å². The maximum Gasteiger partial charge on any atom is 0.226 e. The maximum absolute atomic E-state index is 12.0. The van der Waals surface area contributed by atoms with E-state index in [2.05, 4.69) is 5.32 Å². The molecular formula is C19H22ClNO4. The van der Waals surface area contributed by atoms with Gasteiger partial charge < -0.3 is 19.5 Å². The van der Waals surface area contributed by atoms with Gasteiger partial charge in [-0.3, -0.25) is 4.79 Å². The van der Waals surface area contributed by atoms with Crippen molar-refractivity contribution in [1.82, 2.24) is 0 Å². The maximum atomic E-state index is 12.0. The molecule has 134 valence electrons. The average molecular weight is 364 g/mol. The van der Waals surface area contributed by atoms with E-state index in [4.69, 9.17) is 25.8 Å². The standard InChI is InChI=1S/C19H22ClNO4/c1-3-23-12-11-19(22)21-17-13-14(20)5-10-18(17)25-16-8-6-15(7-9-16)24-4-2/h5-10,13H,3-4,11-12H2,1-2H3,(H,21,22). The summed E-state index contributed by atoms with van der Waals surface area (Å²) in [4.78, 5) is 12.0. The summed E-state index contributed by atoms with van der Waals surface area (Å²) in [7, 11) is 0. The average Bonchev–Trinajstić information content (AvgIpc) is 2.59. The number of nitrogens with one attached hydrogen (secondary N) is 1. The molecule has 0 fully saturated rings. The third-order valence-corrected chi connectivity index (χ3v) is 3.49. The Morgan fingerprint density at radius 1 is 1.04 bits per heavy atom. The van der Waals surface area contributed by atoms with Crippen molar-refractivity contribution in [2.45, 2.75) is 20.3 Å². The molecule has 0 atom stereocenters. The van der Waals surface area contributed by atoms with Crippen LogP contribution >= 0.6 is 11.6 Å². The minimum Gasteiger partial charge on any atom is -0.494 e. The SMILES string of the molecule is CCOCCC(=O)Nc1cc(Cl)ccc1Oc1ccc(OCC)cc1. The largest absolute Gasteiger partial charge is 0.494 e. The van der Waals surface area contributed by atoms with Gasteiger partial charge in [0.15, 0.2) is 5.75 Å². The van der Waals surface area contributed by atoms with Crippen LogP contribution < -0.4 is 14.8 Å². The number of rotatable bonds is 9. The van der Waals surface area contributed by atoms with Crippen LogP contribution in [-0.2, 0) is 9.53 Å². The van der Waals surface area contributed by atoms with Gasteiger partial charge in [0.2, 0.25) is 5.91 Å². The molecule has 0 aliphatic rings. The fraction of sp³-hybridized carbons (Fsp3) is 0.316. The van der Waals surface area contributed by atoms with Crippen molar-refractivity contribution in [2.75, 3.05) is 25.1 Å². The van der Waals surface area contributed by atoms with E-state index in [1.54, 1.807) is 30.3 Å². The molecule has 0 aromatic heterocycles. The second-order valence-electron chi connectivity index (χ2n) is 5.14. The third-order valence-electron chi connectivity index (χ3n) is 3.26. The Kier molecular flexibility index (Phi) is 7.57. The van der Waals surface area contributed by atoms with Crippen LogP contribution in [0.1, 0.15) is 20.3 Å². The van der Waals surface area contributed by atoms with Crippen LogP contribution in [0.2, 0.25) is 5.02 Å². The van der Waals surface area contributed by atoms with E-state index in [0.29, 0.717) is 42.0 Å². The molecule has 0 bridgehead atoms. The Balaban J connectivity index is 2.08. The molecule has 0 saturated carbocycles. The lowest BCUT2D eigenvalue weighted by atomic mass is 10.2. The summed E-state index contributed by atoms with van der Waals surface area (Å²) >= 11 is 6.04. The smallest absolute Gasteiger partial charge is 0.226 e. The van der Waals surface area contributed by atoms with Crippen molar-refractivity contribution in [3.63, 3.8) is 0 Å². The lowest BCUT2D eigenvalue weighted by Crippen LogP contribution is -2.14. The van der Waals surface area contributed by atoms with E-state index in [0.717, 1.165) is 5.75 Å². The van der Waals surface area contributed by atoms with Crippen LogP contribution in [-0.4, -0.2) is 25.7 Å². The molecule has 25 heavy (non-hydrogen) atoms. The first-order chi connectivity index (χ1) is 12.1. The van der Waals surface area contributed by atoms with Gasteiger partial charge in [0.05, 0.1) is 25.3 Å². The Labute approximate surface area is 152 Å². The van der Waals surface area contributed by atoms with Crippen LogP contribution in [0.25, 0.3) is 0 Å². The van der Waals surface area contributed by atoms with Crippen molar-refractivity contribution in [3.05, 3.63) is 47.5 Å². The van der Waals surface area contributed by atoms with E-state index in [1.165, 1.54) is 0 Å². The molecule has 2 aromatic carbocycles. The monoisotopic (exact) mass is 363 g/mol. The number of anilines is 1. The Morgan fingerprint density at radius 3 is 2.44 bits per heavy atom. The van der Waals surface area contributed by atoms with Gasteiger partial charge in [0.1, 0.15) is 11.5 Å². The van der Waals surface area contributed by atoms with Crippen LogP contribution in [0, 0.1) is 0 Å². The van der Waals surface area contributed by atoms with Gasteiger partial charge >= 0.3 is 0 Å². The molecule has 1 amide bonds. The van der Waals surface area contributed by atoms with Gasteiger partial charge in [0.25, 0.3) is 0 Å². The summed E-state index contributed by atoms with van der Waals surface area (Å²) < 4.78 is 16.5. The Bertz CT molecular complexity index is 688. The number of carbonyl (C=O) groups is 1. The number of carbonyl (C=O) groups excluding carboxylic acids is 1. The molecule has 2 aromatic rings. The van der Waals surface area contributed by atoms with Gasteiger partial charge in [0, 0.05) is 11.6 Å². The normalized spacial score (nSPS) is 10.4. The molecule has 0 saturated heterocycles. The highest BCUT2D eigenvalue weighted by atomic mass is 35.5. The molecule has 1 N–H and O–H groups in total. The summed E-state index contributed by atoms with van der Waals surface area (Å²) in [6.45, 7) is 5.38. The first kappa shape index (κ1) is 19.1. The van der Waals surface area contributed by atoms with Gasteiger partial charge in [-0.1, -0.05) is 11.6 Å². The summed E-state index contributed by atoms with van der Waals surface area (Å²) in [5.74, 6) is 1.76. The quantitative estimate of drug-likeness (QED) is 0.644. The molecule has 0 heterocycles. The fourth-order valence-corrected chi connectivity index (χ4v) is 2.28. The first-order valence-corrected chi connectivity index (χ1v) is 8.58. The molecular weight excluding hydrogens is 342 g/mol. The van der Waals surface area contributed by atoms with E-state index >= 15 is 0 Å². The second kappa shape index (κ2) is 9.91. The van der Waals surface area contributed by atoms with Crippen LogP contribution in [0.15, 0.2) is 42.5 Å². The molecule has 0 unspecified atom stereocenters. The number of halogens is 1. The number of hydrogen-bond acceptors (Lipinski definition) is 4. The highest BCUT2D eigenvalue weighted by Gasteiger charge is 2.10. The lowest BCUT2D eigenvalue weighted by Gasteiger charge is -2.13. The molecule has 0 aliphatic heterocycles. The molecule has 2 rings (SSSR count). The first-order valence-electron chi connectivity index (χ1n) is 8.20. The molecule has 0 radical (unpaired) electrons. The predicted octanol–water partition coefficient (Wildman–Crippen LogP) is 4.90. The lowest BCUT2D eigenvalue weighted by molar-refractivity contribution is -0.117. The zero-order chi connectivity index (χ0) is 18.1. The topological polar surface area (TPSA) is 56.8 Å². The van der Waals surface area contributed by atoms with Crippen LogP contribution in [0.3, 0.4) is 0 Å². The van der Waals surface area contributed by atoms with Gasteiger partial charge in [-0.05, 0) is 56.3 Å². The second-order valence-corrected chi connectivity index (χ2v) is 5.58. The van der Waals surface area contributed by atoms with E-state index in [1.807, 2.05) is 26.0 Å². The van der Waals surface area contributed by atoms with E-state index in [9.17, 15) is 4.79 Å². The minimum atomic E-state index is -0.160. The Hall–Kier alpha value is -2.24. The summed E-state index contributed by atoms with van der Waals surface area (Å²) in [5.41, 5.74) is 0.517. The molecule has 6 heteroatoms. The van der Waals surface area contributed by atoms with Crippen LogP contribution in [0.4, 0.5) is 5.69 Å². The van der Waals surface area contributed by atoms with E-state index in [-0.39, 0.29) is 12.3 Å². The molecule has 0 aliphatic carbocycles. The van der Waals surface area contributed by atoms with Crippen LogP contribution in [0.5, 0.6) is 17.2 Å². The van der Waals surface area contributed by atoms with Gasteiger partial charge in [-0.25, -0.2) is 0 Å². The highest BCUT2D eigenvalue weighted by Crippen LogP contribution is 2.32. The summed E-state index contributed by atoms with van der Waals surface area (Å²) in [6.07, 6.45) is 0.267. The highest BCUT2D eigenvalue weighted by molar-refractivity contribution is 6.31. The van der Waals surface area contributed by atoms with Gasteiger partial charge in [-0.15, -0.1) is 0 Å². The van der Waals surface area contributed by atoms with E-state index < -0.39 is 0 Å². The number of benzene rings is 2. The van der Waals surface area contributed by atoms with Crippen molar-refractivity contribution in [3.8, 4) is 17.2 Å². The number of ether oxygens (including phenoxy) is 3. The van der Waals surface area contributed by atoms with Crippen molar-refractivity contribution in [1.29, 1.82) is 0 Å². The molecule has 5 nitrogen and oxygen atoms in total. The summed E-state index contributed by atoms with van der Waals surface area (Å²) in [6, 6.07) is 12.4. The number of amides is 1. The zero-order valence-electron chi connectivity index (χ0n) is 14.4. The third kappa shape index (κ3) is 6.29. The summed E-state index contributed by atoms with van der Waals surface area (Å²) in [5, 5.41) is 3.32. The zero-order valence-corrected chi connectivity index (χ0v) is 15.1. The van der Waals surface area contributed by atoms with Gasteiger partial charge in [-0.2, -0.15) is 0 Å².